The van der Waals surface area contributed by atoms with Gasteiger partial charge >= 0.3 is 0 Å². The summed E-state index contributed by atoms with van der Waals surface area (Å²) in [6.07, 6.45) is 3.58. The Morgan fingerprint density at radius 2 is 2.17 bits per heavy atom. The first kappa shape index (κ1) is 21.0. The molecule has 0 radical (unpaired) electrons. The Morgan fingerprint density at radius 3 is 2.79 bits per heavy atom. The van der Waals surface area contributed by atoms with E-state index in [9.17, 15) is 9.59 Å². The van der Waals surface area contributed by atoms with E-state index in [4.69, 9.17) is 5.73 Å². The molecule has 2 rings (SSSR count). The first-order valence-corrected chi connectivity index (χ1v) is 8.87. The van der Waals surface area contributed by atoms with Crippen LogP contribution in [0.1, 0.15) is 43.2 Å². The van der Waals surface area contributed by atoms with Gasteiger partial charge in [-0.15, -0.1) is 12.4 Å². The van der Waals surface area contributed by atoms with Crippen molar-refractivity contribution in [3.8, 4) is 0 Å². The number of amides is 2. The van der Waals surface area contributed by atoms with Crippen molar-refractivity contribution in [2.24, 2.45) is 11.7 Å². The molecule has 0 aromatic carbocycles. The Kier molecular flexibility index (Phi) is 8.26. The average molecular weight is 422 g/mol. The number of hydrogen-bond donors (Lipinski definition) is 2. The zero-order chi connectivity index (χ0) is 17.0. The number of halogens is 2. The van der Waals surface area contributed by atoms with E-state index in [-0.39, 0.29) is 36.2 Å². The molecule has 1 saturated heterocycles. The molecule has 1 aromatic heterocycles. The van der Waals surface area contributed by atoms with E-state index in [1.54, 1.807) is 4.90 Å². The van der Waals surface area contributed by atoms with Gasteiger partial charge in [0.1, 0.15) is 5.69 Å². The van der Waals surface area contributed by atoms with E-state index in [0.717, 1.165) is 17.3 Å². The van der Waals surface area contributed by atoms with Crippen LogP contribution < -0.4 is 11.1 Å². The standard InChI is InChI=1S/C16H25BrN4O2.ClH/c1-11(2)21-10-13(17)8-14(21)16(23)20-7-3-4-12(9-20)15(22)19-6-5-18;/h8,10-12H,3-7,9,18H2,1-2H3,(H,19,22);1H. The third kappa shape index (κ3) is 4.97. The van der Waals surface area contributed by atoms with Gasteiger partial charge in [0.2, 0.25) is 5.91 Å². The summed E-state index contributed by atoms with van der Waals surface area (Å²) >= 11 is 3.44. The second-order valence-electron chi connectivity index (χ2n) is 6.21. The van der Waals surface area contributed by atoms with Crippen LogP contribution in [0.4, 0.5) is 0 Å². The minimum Gasteiger partial charge on any atom is -0.355 e. The maximum atomic E-state index is 12.9. The molecule has 1 unspecified atom stereocenters. The quantitative estimate of drug-likeness (QED) is 0.764. The van der Waals surface area contributed by atoms with Gasteiger partial charge in [-0.05, 0) is 48.7 Å². The first-order valence-electron chi connectivity index (χ1n) is 8.08. The van der Waals surface area contributed by atoms with E-state index < -0.39 is 0 Å². The molecule has 8 heteroatoms. The predicted octanol–water partition coefficient (Wildman–Crippen LogP) is 2.18. The number of carbonyl (C=O) groups is 2. The molecule has 3 N–H and O–H groups in total. The number of rotatable bonds is 5. The highest BCUT2D eigenvalue weighted by atomic mass is 79.9. The monoisotopic (exact) mass is 420 g/mol. The topological polar surface area (TPSA) is 80.4 Å². The average Bonchev–Trinajstić information content (AvgIpc) is 2.94. The van der Waals surface area contributed by atoms with Crippen LogP contribution in [0.5, 0.6) is 0 Å². The van der Waals surface area contributed by atoms with E-state index in [0.29, 0.717) is 31.9 Å². The molecular weight excluding hydrogens is 396 g/mol. The lowest BCUT2D eigenvalue weighted by atomic mass is 9.97. The molecule has 24 heavy (non-hydrogen) atoms. The fourth-order valence-corrected chi connectivity index (χ4v) is 3.36. The number of nitrogens with zero attached hydrogens (tertiary/aromatic N) is 2. The van der Waals surface area contributed by atoms with E-state index in [1.165, 1.54) is 0 Å². The first-order chi connectivity index (χ1) is 10.9. The molecule has 1 fully saturated rings. The lowest BCUT2D eigenvalue weighted by Gasteiger charge is -2.32. The second kappa shape index (κ2) is 9.44. The predicted molar refractivity (Wildman–Crippen MR) is 100 cm³/mol. The highest BCUT2D eigenvalue weighted by molar-refractivity contribution is 9.10. The lowest BCUT2D eigenvalue weighted by molar-refractivity contribution is -0.126. The molecule has 1 aliphatic heterocycles. The van der Waals surface area contributed by atoms with Crippen molar-refractivity contribution in [3.05, 3.63) is 22.4 Å². The van der Waals surface area contributed by atoms with E-state index in [2.05, 4.69) is 21.2 Å². The molecule has 6 nitrogen and oxygen atoms in total. The molecule has 0 aliphatic carbocycles. The summed E-state index contributed by atoms with van der Waals surface area (Å²) in [7, 11) is 0. The fourth-order valence-electron chi connectivity index (χ4n) is 2.92. The third-order valence-electron chi connectivity index (χ3n) is 4.11. The molecule has 0 spiro atoms. The molecule has 2 heterocycles. The van der Waals surface area contributed by atoms with Crippen LogP contribution in [0, 0.1) is 5.92 Å². The number of aromatic nitrogens is 1. The van der Waals surface area contributed by atoms with Gasteiger partial charge in [-0.25, -0.2) is 0 Å². The Labute approximate surface area is 157 Å². The van der Waals surface area contributed by atoms with Gasteiger partial charge in [0, 0.05) is 42.9 Å². The molecule has 0 bridgehead atoms. The summed E-state index contributed by atoms with van der Waals surface area (Å²) < 4.78 is 2.86. The highest BCUT2D eigenvalue weighted by Crippen LogP contribution is 2.23. The van der Waals surface area contributed by atoms with Crippen molar-refractivity contribution in [1.29, 1.82) is 0 Å². The van der Waals surface area contributed by atoms with E-state index in [1.807, 2.05) is 30.7 Å². The zero-order valence-electron chi connectivity index (χ0n) is 14.1. The molecule has 136 valence electrons. The van der Waals surface area contributed by atoms with Crippen molar-refractivity contribution in [2.75, 3.05) is 26.2 Å². The molecule has 1 atom stereocenters. The van der Waals surface area contributed by atoms with Crippen LogP contribution in [0.2, 0.25) is 0 Å². The van der Waals surface area contributed by atoms with Crippen LogP contribution in [0.3, 0.4) is 0 Å². The van der Waals surface area contributed by atoms with Gasteiger partial charge in [0.15, 0.2) is 0 Å². The largest absolute Gasteiger partial charge is 0.355 e. The van der Waals surface area contributed by atoms with Crippen LogP contribution in [-0.4, -0.2) is 47.5 Å². The van der Waals surface area contributed by atoms with Gasteiger partial charge < -0.3 is 20.5 Å². The molecular formula is C16H26BrClN4O2. The molecule has 2 amide bonds. The van der Waals surface area contributed by atoms with Gasteiger partial charge in [0.25, 0.3) is 5.91 Å². The fraction of sp³-hybridized carbons (Fsp3) is 0.625. The Hall–Kier alpha value is -1.05. The number of nitrogens with two attached hydrogens (primary N) is 1. The summed E-state index contributed by atoms with van der Waals surface area (Å²) in [5.74, 6) is -0.167. The summed E-state index contributed by atoms with van der Waals surface area (Å²) in [6.45, 7) is 6.16. The third-order valence-corrected chi connectivity index (χ3v) is 4.55. The number of piperidine rings is 1. The van der Waals surface area contributed by atoms with Crippen molar-refractivity contribution in [1.82, 2.24) is 14.8 Å². The van der Waals surface area contributed by atoms with Gasteiger partial charge in [0.05, 0.1) is 5.92 Å². The van der Waals surface area contributed by atoms with Gasteiger partial charge in [-0.1, -0.05) is 0 Å². The summed E-state index contributed by atoms with van der Waals surface area (Å²) in [5.41, 5.74) is 6.08. The number of nitrogens with one attached hydrogen (secondary N) is 1. The van der Waals surface area contributed by atoms with Crippen molar-refractivity contribution in [2.45, 2.75) is 32.7 Å². The summed E-state index contributed by atoms with van der Waals surface area (Å²) in [5, 5.41) is 2.82. The lowest BCUT2D eigenvalue weighted by Crippen LogP contribution is -2.46. The number of carbonyl (C=O) groups excluding carboxylic acids is 2. The Morgan fingerprint density at radius 1 is 1.46 bits per heavy atom. The van der Waals surface area contributed by atoms with Crippen LogP contribution in [0.15, 0.2) is 16.7 Å². The highest BCUT2D eigenvalue weighted by Gasteiger charge is 2.30. The summed E-state index contributed by atoms with van der Waals surface area (Å²) in [6, 6.07) is 2.05. The maximum Gasteiger partial charge on any atom is 0.270 e. The van der Waals surface area contributed by atoms with Crippen molar-refractivity contribution in [3.63, 3.8) is 0 Å². The van der Waals surface area contributed by atoms with E-state index >= 15 is 0 Å². The van der Waals surface area contributed by atoms with Crippen molar-refractivity contribution >= 4 is 40.2 Å². The SMILES string of the molecule is CC(C)n1cc(Br)cc1C(=O)N1CCCC(C(=O)NCCN)C1.Cl. The van der Waals surface area contributed by atoms with Gasteiger partial charge in [-0.2, -0.15) is 0 Å². The minimum absolute atomic E-state index is 0. The number of hydrogen-bond acceptors (Lipinski definition) is 3. The second-order valence-corrected chi connectivity index (χ2v) is 7.13. The van der Waals surface area contributed by atoms with Crippen molar-refractivity contribution < 1.29 is 9.59 Å². The smallest absolute Gasteiger partial charge is 0.270 e. The molecule has 1 aromatic rings. The Balaban J connectivity index is 0.00000288. The minimum atomic E-state index is -0.148. The molecule has 0 saturated carbocycles. The van der Waals surface area contributed by atoms with Gasteiger partial charge in [-0.3, -0.25) is 9.59 Å². The summed E-state index contributed by atoms with van der Waals surface area (Å²) in [4.78, 5) is 26.8. The van der Waals surface area contributed by atoms with Crippen LogP contribution in [0.25, 0.3) is 0 Å². The Bertz CT molecular complexity index is 576. The molecule has 1 aliphatic rings. The van der Waals surface area contributed by atoms with Crippen LogP contribution in [-0.2, 0) is 4.79 Å². The normalized spacial score (nSPS) is 17.5. The van der Waals surface area contributed by atoms with Crippen LogP contribution >= 0.6 is 28.3 Å². The number of likely N-dealkylation sites (tertiary alicyclic amines) is 1. The maximum absolute atomic E-state index is 12.9. The zero-order valence-corrected chi connectivity index (χ0v) is 16.5.